The van der Waals surface area contributed by atoms with Crippen LogP contribution in [-0.4, -0.2) is 44.4 Å². The van der Waals surface area contributed by atoms with Crippen LogP contribution in [0.15, 0.2) is 22.9 Å². The smallest absolute Gasteiger partial charge is 0.252 e. The Bertz CT molecular complexity index is 373. The van der Waals surface area contributed by atoms with Crippen LogP contribution in [-0.2, 0) is 9.47 Å². The molecule has 0 spiro atoms. The summed E-state index contributed by atoms with van der Waals surface area (Å²) in [5.41, 5.74) is 0.506. The van der Waals surface area contributed by atoms with Gasteiger partial charge in [-0.1, -0.05) is 0 Å². The van der Waals surface area contributed by atoms with E-state index in [1.54, 1.807) is 26.5 Å². The van der Waals surface area contributed by atoms with E-state index in [1.165, 1.54) is 6.20 Å². The lowest BCUT2D eigenvalue weighted by Crippen LogP contribution is -2.35. The molecular formula is C11H15BrN2O3. The number of methoxy groups -OCH3 is 2. The van der Waals surface area contributed by atoms with E-state index in [9.17, 15) is 4.79 Å². The Labute approximate surface area is 109 Å². The lowest BCUT2D eigenvalue weighted by Gasteiger charge is -2.14. The highest BCUT2D eigenvalue weighted by molar-refractivity contribution is 9.10. The second-order valence-electron chi connectivity index (χ2n) is 3.41. The molecule has 1 aromatic rings. The largest absolute Gasteiger partial charge is 0.382 e. The van der Waals surface area contributed by atoms with Crippen molar-refractivity contribution in [1.29, 1.82) is 0 Å². The van der Waals surface area contributed by atoms with Gasteiger partial charge in [0.05, 0.1) is 18.3 Å². The van der Waals surface area contributed by atoms with Gasteiger partial charge in [0.15, 0.2) is 0 Å². The van der Waals surface area contributed by atoms with Crippen molar-refractivity contribution >= 4 is 21.8 Å². The average molecular weight is 303 g/mol. The van der Waals surface area contributed by atoms with Gasteiger partial charge in [0.1, 0.15) is 0 Å². The van der Waals surface area contributed by atoms with Crippen molar-refractivity contribution < 1.29 is 14.3 Å². The van der Waals surface area contributed by atoms with Crippen molar-refractivity contribution in [3.8, 4) is 0 Å². The molecule has 6 heteroatoms. The van der Waals surface area contributed by atoms with Crippen LogP contribution < -0.4 is 5.32 Å². The minimum absolute atomic E-state index is 0.149. The molecule has 1 unspecified atom stereocenters. The molecule has 1 atom stereocenters. The molecule has 1 heterocycles. The van der Waals surface area contributed by atoms with E-state index < -0.39 is 0 Å². The number of aromatic nitrogens is 1. The van der Waals surface area contributed by atoms with Gasteiger partial charge in [-0.25, -0.2) is 0 Å². The van der Waals surface area contributed by atoms with Crippen molar-refractivity contribution in [2.45, 2.75) is 6.10 Å². The van der Waals surface area contributed by atoms with Crippen LogP contribution >= 0.6 is 15.9 Å². The fourth-order valence-corrected chi connectivity index (χ4v) is 1.61. The zero-order valence-electron chi connectivity index (χ0n) is 9.77. The Hall–Kier alpha value is -0.980. The number of halogens is 1. The summed E-state index contributed by atoms with van der Waals surface area (Å²) in [5.74, 6) is -0.183. The van der Waals surface area contributed by atoms with Crippen molar-refractivity contribution in [1.82, 2.24) is 10.3 Å². The Morgan fingerprint density at radius 2 is 2.29 bits per heavy atom. The average Bonchev–Trinajstić information content (AvgIpc) is 2.34. The number of hydrogen-bond donors (Lipinski definition) is 1. The van der Waals surface area contributed by atoms with Gasteiger partial charge in [-0.05, 0) is 22.0 Å². The van der Waals surface area contributed by atoms with Gasteiger partial charge in [-0.3, -0.25) is 9.78 Å². The molecule has 0 aliphatic carbocycles. The van der Waals surface area contributed by atoms with Gasteiger partial charge in [-0.15, -0.1) is 0 Å². The minimum atomic E-state index is -0.183. The summed E-state index contributed by atoms with van der Waals surface area (Å²) >= 11 is 3.26. The highest BCUT2D eigenvalue weighted by Crippen LogP contribution is 2.09. The Morgan fingerprint density at radius 3 is 2.88 bits per heavy atom. The first-order valence-electron chi connectivity index (χ1n) is 5.08. The molecule has 17 heavy (non-hydrogen) atoms. The molecule has 94 valence electrons. The first-order valence-corrected chi connectivity index (χ1v) is 5.87. The van der Waals surface area contributed by atoms with Crippen LogP contribution in [0.25, 0.3) is 0 Å². The minimum Gasteiger partial charge on any atom is -0.382 e. The molecule has 1 rings (SSSR count). The SMILES string of the molecule is COCC(CNC(=O)c1cncc(Br)c1)OC. The molecular weight excluding hydrogens is 288 g/mol. The fourth-order valence-electron chi connectivity index (χ4n) is 1.24. The summed E-state index contributed by atoms with van der Waals surface area (Å²) in [7, 11) is 3.17. The third kappa shape index (κ3) is 4.80. The van der Waals surface area contributed by atoms with Crippen LogP contribution in [0, 0.1) is 0 Å². The molecule has 1 aromatic heterocycles. The van der Waals surface area contributed by atoms with E-state index >= 15 is 0 Å². The predicted molar refractivity (Wildman–Crippen MR) is 66.9 cm³/mol. The van der Waals surface area contributed by atoms with Crippen LogP contribution in [0.4, 0.5) is 0 Å². The van der Waals surface area contributed by atoms with Gasteiger partial charge in [0.25, 0.3) is 5.91 Å². The second-order valence-corrected chi connectivity index (χ2v) is 4.33. The molecule has 0 saturated heterocycles. The van der Waals surface area contributed by atoms with Crippen LogP contribution in [0.3, 0.4) is 0 Å². The normalized spacial score (nSPS) is 12.2. The number of amides is 1. The first kappa shape index (κ1) is 14.1. The Kier molecular flexibility index (Phi) is 6.10. The summed E-state index contributed by atoms with van der Waals surface area (Å²) < 4.78 is 10.9. The van der Waals surface area contributed by atoms with Crippen molar-refractivity contribution in [2.24, 2.45) is 0 Å². The van der Waals surface area contributed by atoms with Gasteiger partial charge in [0.2, 0.25) is 0 Å². The number of carbonyl (C=O) groups is 1. The fraction of sp³-hybridized carbons (Fsp3) is 0.455. The van der Waals surface area contributed by atoms with Crippen molar-refractivity contribution in [3.63, 3.8) is 0 Å². The number of nitrogens with zero attached hydrogens (tertiary/aromatic N) is 1. The van der Waals surface area contributed by atoms with Gasteiger partial charge < -0.3 is 14.8 Å². The summed E-state index contributed by atoms with van der Waals surface area (Å²) in [6.07, 6.45) is 2.99. The lowest BCUT2D eigenvalue weighted by molar-refractivity contribution is 0.0285. The van der Waals surface area contributed by atoms with E-state index in [4.69, 9.17) is 9.47 Å². The molecule has 1 N–H and O–H groups in total. The van der Waals surface area contributed by atoms with E-state index in [0.29, 0.717) is 18.7 Å². The highest BCUT2D eigenvalue weighted by Gasteiger charge is 2.11. The predicted octanol–water partition coefficient (Wildman–Crippen LogP) is 1.24. The number of carbonyl (C=O) groups excluding carboxylic acids is 1. The van der Waals surface area contributed by atoms with Gasteiger partial charge in [-0.2, -0.15) is 0 Å². The van der Waals surface area contributed by atoms with E-state index in [0.717, 1.165) is 4.47 Å². The van der Waals surface area contributed by atoms with Gasteiger partial charge in [0, 0.05) is 37.6 Å². The first-order chi connectivity index (χ1) is 8.17. The number of hydrogen-bond acceptors (Lipinski definition) is 4. The summed E-state index contributed by atoms with van der Waals surface area (Å²) in [6.45, 7) is 0.837. The summed E-state index contributed by atoms with van der Waals surface area (Å²) in [5, 5.41) is 2.76. The monoisotopic (exact) mass is 302 g/mol. The zero-order chi connectivity index (χ0) is 12.7. The third-order valence-corrected chi connectivity index (χ3v) is 2.58. The van der Waals surface area contributed by atoms with Gasteiger partial charge >= 0.3 is 0 Å². The maximum Gasteiger partial charge on any atom is 0.252 e. The number of pyridine rings is 1. The molecule has 0 aliphatic rings. The van der Waals surface area contributed by atoms with Crippen LogP contribution in [0.2, 0.25) is 0 Å². The molecule has 0 aromatic carbocycles. The third-order valence-electron chi connectivity index (χ3n) is 2.14. The molecule has 0 saturated carbocycles. The number of rotatable bonds is 6. The van der Waals surface area contributed by atoms with Crippen molar-refractivity contribution in [2.75, 3.05) is 27.4 Å². The molecule has 0 fully saturated rings. The Morgan fingerprint density at radius 1 is 1.53 bits per heavy atom. The lowest BCUT2D eigenvalue weighted by atomic mass is 10.2. The summed E-state index contributed by atoms with van der Waals surface area (Å²) in [4.78, 5) is 15.7. The second kappa shape index (κ2) is 7.37. The maximum absolute atomic E-state index is 11.8. The topological polar surface area (TPSA) is 60.5 Å². The summed E-state index contributed by atoms with van der Waals surface area (Å²) in [6, 6.07) is 1.71. The molecule has 0 radical (unpaired) electrons. The van der Waals surface area contributed by atoms with Crippen LogP contribution in [0.1, 0.15) is 10.4 Å². The van der Waals surface area contributed by atoms with E-state index in [-0.39, 0.29) is 12.0 Å². The highest BCUT2D eigenvalue weighted by atomic mass is 79.9. The molecule has 0 bridgehead atoms. The molecule has 0 aliphatic heterocycles. The Balaban J connectivity index is 2.49. The molecule has 5 nitrogen and oxygen atoms in total. The van der Waals surface area contributed by atoms with Crippen molar-refractivity contribution in [3.05, 3.63) is 28.5 Å². The molecule has 1 amide bonds. The quantitative estimate of drug-likeness (QED) is 0.859. The number of ether oxygens (including phenoxy) is 2. The van der Waals surface area contributed by atoms with Crippen LogP contribution in [0.5, 0.6) is 0 Å². The van der Waals surface area contributed by atoms with E-state index in [1.807, 2.05) is 0 Å². The maximum atomic E-state index is 11.8. The standard InChI is InChI=1S/C11H15BrN2O3/c1-16-7-10(17-2)6-14-11(15)8-3-9(12)5-13-4-8/h3-5,10H,6-7H2,1-2H3,(H,14,15). The zero-order valence-corrected chi connectivity index (χ0v) is 11.4. The van der Waals surface area contributed by atoms with E-state index in [2.05, 4.69) is 26.2 Å². The number of nitrogens with one attached hydrogen (secondary N) is 1.